The number of rotatable bonds is 8. The minimum Gasteiger partial charge on any atom is -0.354 e. The number of aryl methyl sites for hydroxylation is 2. The van der Waals surface area contributed by atoms with Crippen LogP contribution in [0.2, 0.25) is 0 Å². The molecule has 2 rings (SSSR count). The number of thiazole rings is 1. The zero-order valence-corrected chi connectivity index (χ0v) is 14.0. The van der Waals surface area contributed by atoms with E-state index in [0.29, 0.717) is 13.0 Å². The summed E-state index contributed by atoms with van der Waals surface area (Å²) in [5.41, 5.74) is 2.19. The molecule has 1 aromatic carbocycles. The van der Waals surface area contributed by atoms with Crippen LogP contribution in [0.15, 0.2) is 35.7 Å². The van der Waals surface area contributed by atoms with Crippen molar-refractivity contribution in [3.8, 4) is 0 Å². The molecule has 0 saturated heterocycles. The van der Waals surface area contributed by atoms with Gasteiger partial charge in [0.2, 0.25) is 5.91 Å². The first-order chi connectivity index (χ1) is 10.6. The summed E-state index contributed by atoms with van der Waals surface area (Å²) in [5.74, 6) is 0.0433. The lowest BCUT2D eigenvalue weighted by molar-refractivity contribution is -0.120. The Morgan fingerprint density at radius 2 is 2.00 bits per heavy atom. The van der Waals surface area contributed by atoms with Crippen molar-refractivity contribution in [1.29, 1.82) is 0 Å². The molecule has 118 valence electrons. The van der Waals surface area contributed by atoms with Crippen LogP contribution in [-0.4, -0.2) is 43.0 Å². The van der Waals surface area contributed by atoms with Gasteiger partial charge >= 0.3 is 0 Å². The molecule has 5 heteroatoms. The van der Waals surface area contributed by atoms with E-state index in [0.717, 1.165) is 30.1 Å². The molecular formula is C17H23N3OS. The maximum Gasteiger partial charge on any atom is 0.226 e. The smallest absolute Gasteiger partial charge is 0.226 e. The number of hydrogen-bond acceptors (Lipinski definition) is 4. The topological polar surface area (TPSA) is 45.2 Å². The molecule has 1 N–H and O–H groups in total. The van der Waals surface area contributed by atoms with Gasteiger partial charge < -0.3 is 10.2 Å². The molecule has 0 atom stereocenters. The number of aromatic nitrogens is 1. The predicted molar refractivity (Wildman–Crippen MR) is 91.2 cm³/mol. The Morgan fingerprint density at radius 1 is 1.23 bits per heavy atom. The fourth-order valence-corrected chi connectivity index (χ4v) is 2.88. The molecule has 0 bridgehead atoms. The van der Waals surface area contributed by atoms with Crippen LogP contribution in [-0.2, 0) is 24.1 Å². The first kappa shape index (κ1) is 16.6. The van der Waals surface area contributed by atoms with Crippen molar-refractivity contribution >= 4 is 17.2 Å². The molecule has 0 aliphatic heterocycles. The van der Waals surface area contributed by atoms with Gasteiger partial charge in [-0.1, -0.05) is 30.3 Å². The molecule has 1 aromatic heterocycles. The van der Waals surface area contributed by atoms with Gasteiger partial charge in [0.25, 0.3) is 0 Å². The Labute approximate surface area is 136 Å². The Bertz CT molecular complexity index is 581. The van der Waals surface area contributed by atoms with E-state index >= 15 is 0 Å². The molecule has 4 nitrogen and oxygen atoms in total. The molecule has 0 unspecified atom stereocenters. The predicted octanol–water partition coefficient (Wildman–Crippen LogP) is 2.15. The molecule has 0 radical (unpaired) electrons. The number of nitrogens with zero attached hydrogens (tertiary/aromatic N) is 2. The lowest BCUT2D eigenvalue weighted by Crippen LogP contribution is -2.32. The van der Waals surface area contributed by atoms with E-state index in [1.165, 1.54) is 5.56 Å². The second-order valence-corrected chi connectivity index (χ2v) is 6.49. The van der Waals surface area contributed by atoms with Crippen molar-refractivity contribution in [2.75, 3.05) is 27.2 Å². The lowest BCUT2D eigenvalue weighted by Gasteiger charge is -2.09. The zero-order valence-electron chi connectivity index (χ0n) is 13.2. The first-order valence-corrected chi connectivity index (χ1v) is 8.40. The van der Waals surface area contributed by atoms with Crippen LogP contribution in [0.25, 0.3) is 0 Å². The number of carbonyl (C=O) groups is 1. The quantitative estimate of drug-likeness (QED) is 0.811. The van der Waals surface area contributed by atoms with E-state index in [2.05, 4.69) is 34.6 Å². The van der Waals surface area contributed by atoms with Crippen molar-refractivity contribution in [2.24, 2.45) is 0 Å². The van der Waals surface area contributed by atoms with Gasteiger partial charge in [0.15, 0.2) is 0 Å². The second kappa shape index (κ2) is 8.66. The molecule has 22 heavy (non-hydrogen) atoms. The third kappa shape index (κ3) is 5.95. The van der Waals surface area contributed by atoms with Crippen molar-refractivity contribution in [1.82, 2.24) is 15.2 Å². The van der Waals surface area contributed by atoms with Gasteiger partial charge in [0, 0.05) is 24.9 Å². The summed E-state index contributed by atoms with van der Waals surface area (Å²) in [7, 11) is 3.98. The molecule has 0 fully saturated rings. The largest absolute Gasteiger partial charge is 0.354 e. The van der Waals surface area contributed by atoms with Crippen LogP contribution in [0.5, 0.6) is 0 Å². The Hall–Kier alpha value is -1.72. The van der Waals surface area contributed by atoms with Gasteiger partial charge in [0.05, 0.1) is 17.1 Å². The van der Waals surface area contributed by atoms with Gasteiger partial charge in [0.1, 0.15) is 0 Å². The van der Waals surface area contributed by atoms with Crippen LogP contribution in [0, 0.1) is 0 Å². The van der Waals surface area contributed by atoms with Crippen molar-refractivity contribution < 1.29 is 4.79 Å². The van der Waals surface area contributed by atoms with Crippen LogP contribution in [0.1, 0.15) is 16.3 Å². The number of likely N-dealkylation sites (N-methyl/N-ethyl adjacent to an activating group) is 1. The highest BCUT2D eigenvalue weighted by Gasteiger charge is 2.07. The standard InChI is InChI=1S/C17H23N3OS/c1-20(2)11-10-18-16(21)12-15-13-22-17(19-15)9-8-14-6-4-3-5-7-14/h3-7,13H,8-12H2,1-2H3,(H,18,21). The molecule has 1 heterocycles. The van der Waals surface area contributed by atoms with E-state index in [1.807, 2.05) is 30.4 Å². The second-order valence-electron chi connectivity index (χ2n) is 5.55. The molecule has 0 aliphatic carbocycles. The normalized spacial score (nSPS) is 10.9. The Morgan fingerprint density at radius 3 is 2.73 bits per heavy atom. The maximum absolute atomic E-state index is 11.8. The van der Waals surface area contributed by atoms with Gasteiger partial charge in [-0.15, -0.1) is 11.3 Å². The van der Waals surface area contributed by atoms with Gasteiger partial charge in [-0.2, -0.15) is 0 Å². The molecule has 1 amide bonds. The summed E-state index contributed by atoms with van der Waals surface area (Å²) in [5, 5.41) is 6.00. The fourth-order valence-electron chi connectivity index (χ4n) is 2.09. The van der Waals surface area contributed by atoms with E-state index in [4.69, 9.17) is 0 Å². The zero-order chi connectivity index (χ0) is 15.8. The highest BCUT2D eigenvalue weighted by Crippen LogP contribution is 2.13. The highest BCUT2D eigenvalue weighted by molar-refractivity contribution is 7.09. The third-order valence-electron chi connectivity index (χ3n) is 3.29. The first-order valence-electron chi connectivity index (χ1n) is 7.52. The van der Waals surface area contributed by atoms with Gasteiger partial charge in [-0.05, 0) is 26.1 Å². The summed E-state index contributed by atoms with van der Waals surface area (Å²) in [4.78, 5) is 18.4. The summed E-state index contributed by atoms with van der Waals surface area (Å²) < 4.78 is 0. The molecule has 0 spiro atoms. The van der Waals surface area contributed by atoms with Crippen LogP contribution in [0.3, 0.4) is 0 Å². The van der Waals surface area contributed by atoms with E-state index in [-0.39, 0.29) is 5.91 Å². The lowest BCUT2D eigenvalue weighted by atomic mass is 10.1. The monoisotopic (exact) mass is 317 g/mol. The average molecular weight is 317 g/mol. The van der Waals surface area contributed by atoms with Crippen molar-refractivity contribution in [3.05, 3.63) is 52.0 Å². The van der Waals surface area contributed by atoms with Gasteiger partial charge in [-0.25, -0.2) is 4.98 Å². The molecule has 0 saturated carbocycles. The van der Waals surface area contributed by atoms with E-state index in [1.54, 1.807) is 11.3 Å². The SMILES string of the molecule is CN(C)CCNC(=O)Cc1csc(CCc2ccccc2)n1. The summed E-state index contributed by atoms with van der Waals surface area (Å²) >= 11 is 1.64. The van der Waals surface area contributed by atoms with Crippen LogP contribution in [0.4, 0.5) is 0 Å². The number of nitrogens with one attached hydrogen (secondary N) is 1. The van der Waals surface area contributed by atoms with Crippen molar-refractivity contribution in [3.63, 3.8) is 0 Å². The minimum atomic E-state index is 0.0433. The van der Waals surface area contributed by atoms with Gasteiger partial charge in [-0.3, -0.25) is 4.79 Å². The van der Waals surface area contributed by atoms with E-state index < -0.39 is 0 Å². The van der Waals surface area contributed by atoms with Crippen molar-refractivity contribution in [2.45, 2.75) is 19.3 Å². The van der Waals surface area contributed by atoms with E-state index in [9.17, 15) is 4.79 Å². The summed E-state index contributed by atoms with van der Waals surface area (Å²) in [6.45, 7) is 1.53. The fraction of sp³-hybridized carbons (Fsp3) is 0.412. The summed E-state index contributed by atoms with van der Waals surface area (Å²) in [6.07, 6.45) is 2.29. The molecule has 0 aliphatic rings. The number of carbonyl (C=O) groups excluding carboxylic acids is 1. The van der Waals surface area contributed by atoms with Crippen LogP contribution < -0.4 is 5.32 Å². The van der Waals surface area contributed by atoms with Crippen LogP contribution >= 0.6 is 11.3 Å². The minimum absolute atomic E-state index is 0.0433. The number of benzene rings is 1. The maximum atomic E-state index is 11.8. The highest BCUT2D eigenvalue weighted by atomic mass is 32.1. The Kier molecular flexibility index (Phi) is 6.55. The third-order valence-corrected chi connectivity index (χ3v) is 4.25. The summed E-state index contributed by atoms with van der Waals surface area (Å²) in [6, 6.07) is 10.4. The molecular weight excluding hydrogens is 294 g/mol. The molecule has 2 aromatic rings. The Balaban J connectivity index is 1.75. The number of hydrogen-bond donors (Lipinski definition) is 1. The average Bonchev–Trinajstić information content (AvgIpc) is 2.93. The number of amides is 1.